The summed E-state index contributed by atoms with van der Waals surface area (Å²) in [5.74, 6) is 1.41. The van der Waals surface area contributed by atoms with Gasteiger partial charge in [0.25, 0.3) is 5.91 Å². The zero-order chi connectivity index (χ0) is 18.3. The minimum atomic E-state index is -0.335. The number of carbonyl (C=O) groups is 1. The number of hydrogen-bond donors (Lipinski definition) is 1. The molecule has 1 amide bonds. The van der Waals surface area contributed by atoms with Gasteiger partial charge in [-0.2, -0.15) is 10.4 Å². The van der Waals surface area contributed by atoms with Crippen molar-refractivity contribution in [2.24, 2.45) is 0 Å². The number of aromatic nitrogens is 3. The van der Waals surface area contributed by atoms with Crippen LogP contribution in [0.4, 0.5) is 5.82 Å². The van der Waals surface area contributed by atoms with Crippen molar-refractivity contribution < 1.29 is 9.32 Å². The zero-order valence-corrected chi connectivity index (χ0v) is 14.5. The highest BCUT2D eigenvalue weighted by Crippen LogP contribution is 2.40. The van der Waals surface area contributed by atoms with Crippen molar-refractivity contribution in [1.82, 2.24) is 14.9 Å². The molecule has 130 valence electrons. The Bertz CT molecular complexity index is 1020. The molecule has 0 saturated heterocycles. The summed E-state index contributed by atoms with van der Waals surface area (Å²) >= 11 is 0. The first kappa shape index (κ1) is 16.1. The number of nitriles is 1. The highest BCUT2D eigenvalue weighted by Gasteiger charge is 2.29. The zero-order valence-electron chi connectivity index (χ0n) is 14.5. The molecule has 0 aliphatic heterocycles. The van der Waals surface area contributed by atoms with Gasteiger partial charge in [0.2, 0.25) is 0 Å². The number of hydrogen-bond acceptors (Lipinski definition) is 5. The molecule has 26 heavy (non-hydrogen) atoms. The molecule has 0 spiro atoms. The van der Waals surface area contributed by atoms with Crippen molar-refractivity contribution >= 4 is 11.7 Å². The molecule has 2 aromatic heterocycles. The molecule has 7 heteroatoms. The Balaban J connectivity index is 1.64. The molecule has 1 N–H and O–H groups in total. The van der Waals surface area contributed by atoms with Gasteiger partial charge in [-0.05, 0) is 51.0 Å². The Morgan fingerprint density at radius 3 is 2.69 bits per heavy atom. The minimum Gasteiger partial charge on any atom is -0.360 e. The Hall–Kier alpha value is -3.40. The quantitative estimate of drug-likeness (QED) is 0.779. The van der Waals surface area contributed by atoms with Crippen LogP contribution in [0.1, 0.15) is 51.8 Å². The summed E-state index contributed by atoms with van der Waals surface area (Å²) in [4.78, 5) is 12.6. The fourth-order valence-corrected chi connectivity index (χ4v) is 2.74. The molecule has 0 radical (unpaired) electrons. The van der Waals surface area contributed by atoms with Gasteiger partial charge in [0, 0.05) is 17.5 Å². The van der Waals surface area contributed by atoms with Crippen LogP contribution in [-0.4, -0.2) is 20.8 Å². The summed E-state index contributed by atoms with van der Waals surface area (Å²) in [6, 6.07) is 10.8. The summed E-state index contributed by atoms with van der Waals surface area (Å²) in [7, 11) is 0. The Labute approximate surface area is 150 Å². The monoisotopic (exact) mass is 347 g/mol. The van der Waals surface area contributed by atoms with Gasteiger partial charge in [0.1, 0.15) is 11.6 Å². The van der Waals surface area contributed by atoms with E-state index < -0.39 is 0 Å². The van der Waals surface area contributed by atoms with Crippen LogP contribution in [0.2, 0.25) is 0 Å². The molecule has 1 saturated carbocycles. The number of aryl methyl sites for hydroxylation is 1. The molecule has 3 aromatic rings. The average molecular weight is 347 g/mol. The van der Waals surface area contributed by atoms with Crippen molar-refractivity contribution in [2.75, 3.05) is 5.32 Å². The molecule has 4 rings (SSSR count). The van der Waals surface area contributed by atoms with Gasteiger partial charge in [-0.15, -0.1) is 0 Å². The fourth-order valence-electron chi connectivity index (χ4n) is 2.74. The van der Waals surface area contributed by atoms with E-state index in [9.17, 15) is 4.79 Å². The van der Waals surface area contributed by atoms with Crippen LogP contribution >= 0.6 is 0 Å². The number of rotatable bonds is 4. The predicted molar refractivity (Wildman–Crippen MR) is 94.2 cm³/mol. The lowest BCUT2D eigenvalue weighted by Crippen LogP contribution is -2.16. The van der Waals surface area contributed by atoms with Crippen molar-refractivity contribution in [3.63, 3.8) is 0 Å². The summed E-state index contributed by atoms with van der Waals surface area (Å²) in [5, 5.41) is 20.2. The van der Waals surface area contributed by atoms with Crippen LogP contribution < -0.4 is 5.32 Å². The van der Waals surface area contributed by atoms with Crippen molar-refractivity contribution in [1.29, 1.82) is 5.26 Å². The van der Waals surface area contributed by atoms with Crippen LogP contribution in [0.3, 0.4) is 0 Å². The molecular formula is C19H17N5O2. The van der Waals surface area contributed by atoms with Crippen LogP contribution in [0.15, 0.2) is 34.9 Å². The van der Waals surface area contributed by atoms with Crippen LogP contribution in [-0.2, 0) is 0 Å². The topological polar surface area (TPSA) is 96.7 Å². The second kappa shape index (κ2) is 6.15. The second-order valence-corrected chi connectivity index (χ2v) is 6.47. The lowest BCUT2D eigenvalue weighted by molar-refractivity contribution is 0.101. The maximum absolute atomic E-state index is 12.6. The lowest BCUT2D eigenvalue weighted by atomic mass is 10.2. The van der Waals surface area contributed by atoms with E-state index in [2.05, 4.69) is 21.6 Å². The number of amides is 1. The third-order valence-electron chi connectivity index (χ3n) is 4.57. The second-order valence-electron chi connectivity index (χ2n) is 6.47. The van der Waals surface area contributed by atoms with Gasteiger partial charge in [-0.1, -0.05) is 5.16 Å². The number of anilines is 1. The van der Waals surface area contributed by atoms with Crippen LogP contribution in [0, 0.1) is 25.2 Å². The molecular weight excluding hydrogens is 330 g/mol. The molecule has 1 aromatic carbocycles. The number of nitrogens with zero attached hydrogens (tertiary/aromatic N) is 4. The Kier molecular flexibility index (Phi) is 3.81. The van der Waals surface area contributed by atoms with E-state index in [1.807, 2.05) is 13.8 Å². The van der Waals surface area contributed by atoms with E-state index in [4.69, 9.17) is 9.78 Å². The molecule has 0 bridgehead atoms. The van der Waals surface area contributed by atoms with Gasteiger partial charge < -0.3 is 9.84 Å². The molecule has 1 aliphatic carbocycles. The van der Waals surface area contributed by atoms with E-state index in [-0.39, 0.29) is 11.6 Å². The molecule has 0 atom stereocenters. The first-order chi connectivity index (χ1) is 12.6. The van der Waals surface area contributed by atoms with Crippen LogP contribution in [0.25, 0.3) is 5.69 Å². The molecule has 7 nitrogen and oxygen atoms in total. The largest absolute Gasteiger partial charge is 0.360 e. The molecule has 1 fully saturated rings. The lowest BCUT2D eigenvalue weighted by Gasteiger charge is -2.09. The number of nitrogens with one attached hydrogen (secondary N) is 1. The fraction of sp³-hybridized carbons (Fsp3) is 0.263. The van der Waals surface area contributed by atoms with Gasteiger partial charge in [0.05, 0.1) is 23.0 Å². The van der Waals surface area contributed by atoms with E-state index in [0.29, 0.717) is 17.3 Å². The third kappa shape index (κ3) is 2.86. The first-order valence-electron chi connectivity index (χ1n) is 8.41. The van der Waals surface area contributed by atoms with Crippen molar-refractivity contribution in [2.45, 2.75) is 32.6 Å². The molecule has 2 heterocycles. The van der Waals surface area contributed by atoms with Crippen molar-refractivity contribution in [3.8, 4) is 11.8 Å². The van der Waals surface area contributed by atoms with E-state index in [1.54, 1.807) is 35.0 Å². The SMILES string of the molecule is Cc1nn(-c2ccc(C#N)cc2)c(NC(=O)c2cc(C3CC3)on2)c1C. The Morgan fingerprint density at radius 2 is 2.04 bits per heavy atom. The summed E-state index contributed by atoms with van der Waals surface area (Å²) in [5.41, 5.74) is 3.26. The normalized spacial score (nSPS) is 13.4. The average Bonchev–Trinajstić information content (AvgIpc) is 3.33. The molecule has 1 aliphatic rings. The highest BCUT2D eigenvalue weighted by molar-refractivity contribution is 6.03. The maximum atomic E-state index is 12.6. The van der Waals surface area contributed by atoms with Gasteiger partial charge in [0.15, 0.2) is 5.69 Å². The summed E-state index contributed by atoms with van der Waals surface area (Å²) in [6.07, 6.45) is 2.17. The van der Waals surface area contributed by atoms with Crippen LogP contribution in [0.5, 0.6) is 0 Å². The third-order valence-corrected chi connectivity index (χ3v) is 4.57. The summed E-state index contributed by atoms with van der Waals surface area (Å²) < 4.78 is 6.92. The predicted octanol–water partition coefficient (Wildman–Crippen LogP) is 3.48. The maximum Gasteiger partial charge on any atom is 0.279 e. The number of carbonyl (C=O) groups excluding carboxylic acids is 1. The van der Waals surface area contributed by atoms with E-state index >= 15 is 0 Å². The number of benzene rings is 1. The van der Waals surface area contributed by atoms with E-state index in [1.165, 1.54) is 0 Å². The smallest absolute Gasteiger partial charge is 0.279 e. The standard InChI is InChI=1S/C19H17N5O2/c1-11-12(2)22-24(15-7-3-13(10-20)4-8-15)18(11)21-19(25)16-9-17(26-23-16)14-5-6-14/h3-4,7-9,14H,5-6H2,1-2H3,(H,21,25). The van der Waals surface area contributed by atoms with Gasteiger partial charge in [-0.3, -0.25) is 4.79 Å². The van der Waals surface area contributed by atoms with E-state index in [0.717, 1.165) is 35.5 Å². The first-order valence-corrected chi connectivity index (χ1v) is 8.41. The summed E-state index contributed by atoms with van der Waals surface area (Å²) in [6.45, 7) is 3.78. The van der Waals surface area contributed by atoms with Gasteiger partial charge in [-0.25, -0.2) is 4.68 Å². The van der Waals surface area contributed by atoms with Gasteiger partial charge >= 0.3 is 0 Å². The Morgan fingerprint density at radius 1 is 1.31 bits per heavy atom. The van der Waals surface area contributed by atoms with Crippen molar-refractivity contribution in [3.05, 3.63) is 58.6 Å². The highest BCUT2D eigenvalue weighted by atomic mass is 16.5. The molecule has 0 unspecified atom stereocenters. The minimum absolute atomic E-state index is 0.261.